The van der Waals surface area contributed by atoms with Gasteiger partial charge in [0.05, 0.1) is 10.3 Å². The molecule has 0 bridgehead atoms. The zero-order valence-electron chi connectivity index (χ0n) is 9.27. The predicted octanol–water partition coefficient (Wildman–Crippen LogP) is -0.0915. The second-order valence-electron chi connectivity index (χ2n) is 3.55. The summed E-state index contributed by atoms with van der Waals surface area (Å²) in [5, 5.41) is 0. The van der Waals surface area contributed by atoms with E-state index in [0.29, 0.717) is 12.1 Å². The fraction of sp³-hybridized carbons (Fsp3) is 0.250. The second-order valence-corrected chi connectivity index (χ2v) is 9.03. The van der Waals surface area contributed by atoms with Crippen molar-refractivity contribution in [1.82, 2.24) is 0 Å². The molecule has 0 amide bonds. The van der Waals surface area contributed by atoms with Crippen molar-refractivity contribution in [2.45, 2.75) is 15.8 Å². The van der Waals surface area contributed by atoms with Gasteiger partial charge in [0.1, 0.15) is 0 Å². The van der Waals surface area contributed by atoms with E-state index in [-0.39, 0.29) is 11.8 Å². The summed E-state index contributed by atoms with van der Waals surface area (Å²) in [4.78, 5) is 42.4. The van der Waals surface area contributed by atoms with Crippen LogP contribution >= 0.6 is 27.0 Å². The van der Waals surface area contributed by atoms with Crippen LogP contribution in [0.25, 0.3) is 0 Å². The number of benzene rings is 1. The molecule has 0 aliphatic carbocycles. The molecule has 20 heavy (non-hydrogen) atoms. The molecule has 0 saturated heterocycles. The van der Waals surface area contributed by atoms with Crippen molar-refractivity contribution in [2.75, 3.05) is 0 Å². The highest BCUT2D eigenvalue weighted by Gasteiger charge is 2.30. The van der Waals surface area contributed by atoms with Crippen LogP contribution < -0.4 is 19.6 Å². The summed E-state index contributed by atoms with van der Waals surface area (Å²) in [5.41, 5.74) is -1.17. The molecule has 1 rings (SSSR count). The van der Waals surface area contributed by atoms with Gasteiger partial charge in [0, 0.05) is 4.90 Å². The summed E-state index contributed by atoms with van der Waals surface area (Å²) in [6, 6.07) is 2.96. The van der Waals surface area contributed by atoms with Crippen molar-refractivity contribution in [3.63, 3.8) is 0 Å². The molecule has 0 N–H and O–H groups in total. The lowest BCUT2D eigenvalue weighted by Crippen LogP contribution is -2.31. The van der Waals surface area contributed by atoms with E-state index in [1.807, 2.05) is 0 Å². The lowest BCUT2D eigenvalue weighted by Gasteiger charge is -2.48. The van der Waals surface area contributed by atoms with Gasteiger partial charge in [-0.1, -0.05) is 6.07 Å². The van der Waals surface area contributed by atoms with Crippen molar-refractivity contribution >= 4 is 27.0 Å². The monoisotopic (exact) mass is 348 g/mol. The van der Waals surface area contributed by atoms with Gasteiger partial charge in [0.25, 0.3) is 0 Å². The number of alkyl halides is 3. The number of thioether (sulfide) groups is 1. The lowest BCUT2D eigenvalue weighted by atomic mass is 10.2. The molecule has 1 aromatic carbocycles. The Morgan fingerprint density at radius 3 is 1.95 bits per heavy atom. The van der Waals surface area contributed by atoms with Gasteiger partial charge in [-0.3, -0.25) is 0 Å². The fourth-order valence-electron chi connectivity index (χ4n) is 1.17. The quantitative estimate of drug-likeness (QED) is 0.549. The van der Waals surface area contributed by atoms with Crippen molar-refractivity contribution < 1.29 is 41.9 Å². The third-order valence-corrected chi connectivity index (χ3v) is 7.64. The Bertz CT molecular complexity index is 558. The number of halogens is 3. The molecule has 0 saturated carbocycles. The van der Waals surface area contributed by atoms with Crippen LogP contribution in [-0.4, -0.2) is 4.73 Å². The largest absolute Gasteiger partial charge is 0.810 e. The zero-order valence-corrected chi connectivity index (χ0v) is 11.9. The van der Waals surface area contributed by atoms with E-state index >= 15 is 0 Å². The third kappa shape index (κ3) is 4.89. The first kappa shape index (κ1) is 17.7. The van der Waals surface area contributed by atoms with E-state index in [4.69, 9.17) is 0 Å². The van der Waals surface area contributed by atoms with Crippen LogP contribution in [0.3, 0.4) is 0 Å². The molecule has 0 spiro atoms. The summed E-state index contributed by atoms with van der Waals surface area (Å²) in [7, 11) is -11.7. The maximum absolute atomic E-state index is 12.4. The Balaban J connectivity index is 3.14. The van der Waals surface area contributed by atoms with Crippen LogP contribution in [0.1, 0.15) is 5.56 Å². The maximum atomic E-state index is 12.4. The van der Waals surface area contributed by atoms with Crippen LogP contribution in [0.15, 0.2) is 29.2 Å². The highest BCUT2D eigenvalue weighted by molar-refractivity contribution is 8.11. The Labute approximate surface area is 115 Å². The Hall–Kier alpha value is -0.340. The molecular weight excluding hydrogens is 343 g/mol. The zero-order chi connectivity index (χ0) is 15.8. The van der Waals surface area contributed by atoms with Crippen LogP contribution in [0.5, 0.6) is 0 Å². The minimum absolute atomic E-state index is 0.243. The second kappa shape index (κ2) is 5.81. The number of hydrogen-bond donors (Lipinski definition) is 0. The first-order valence-electron chi connectivity index (χ1n) is 4.69. The van der Waals surface area contributed by atoms with Gasteiger partial charge < -0.3 is 28.7 Å². The first-order chi connectivity index (χ1) is 8.82. The van der Waals surface area contributed by atoms with Crippen LogP contribution in [0.4, 0.5) is 13.2 Å². The van der Waals surface area contributed by atoms with Gasteiger partial charge in [-0.15, -0.1) is 11.8 Å². The van der Waals surface area contributed by atoms with Crippen LogP contribution in [0.2, 0.25) is 0 Å². The van der Waals surface area contributed by atoms with Crippen molar-refractivity contribution in [2.24, 2.45) is 0 Å². The van der Waals surface area contributed by atoms with E-state index in [2.05, 4.69) is 0 Å². The average molecular weight is 348 g/mol. The average Bonchev–Trinajstić information content (AvgIpc) is 2.22. The van der Waals surface area contributed by atoms with E-state index in [1.54, 1.807) is 0 Å². The normalized spacial score (nSPS) is 13.8. The summed E-state index contributed by atoms with van der Waals surface area (Å²) in [6.45, 7) is 0. The van der Waals surface area contributed by atoms with E-state index in [9.17, 15) is 41.9 Å². The topological polar surface area (TPSA) is 126 Å². The standard InChI is InChI=1S/C8H9F3O6P2S/c9-8(10,11)5-2-1-3-6(4-5)20-7(18(12,13)14)19(15,16)17/h1-4,7H,(H2,12,13,14)(H2,15,16,17)/p-4. The molecule has 0 atom stereocenters. The van der Waals surface area contributed by atoms with Gasteiger partial charge >= 0.3 is 6.18 Å². The maximum Gasteiger partial charge on any atom is 0.416 e. The van der Waals surface area contributed by atoms with Gasteiger partial charge in [-0.25, -0.2) is 0 Å². The SMILES string of the molecule is O=P([O-])([O-])C(Sc1cccc(C(F)(F)F)c1)P(=O)([O-])[O-]. The number of rotatable bonds is 4. The van der Waals surface area contributed by atoms with E-state index in [1.165, 1.54) is 0 Å². The van der Waals surface area contributed by atoms with Crippen molar-refractivity contribution in [3.8, 4) is 0 Å². The van der Waals surface area contributed by atoms with Gasteiger partial charge in [0.15, 0.2) is 0 Å². The summed E-state index contributed by atoms with van der Waals surface area (Å²) < 4.78 is 55.8. The summed E-state index contributed by atoms with van der Waals surface area (Å²) in [6.07, 6.45) is -4.73. The van der Waals surface area contributed by atoms with Crippen LogP contribution in [-0.2, 0) is 15.3 Å². The minimum Gasteiger partial charge on any atom is -0.810 e. The fourth-order valence-corrected chi connectivity index (χ4v) is 4.91. The molecule has 6 nitrogen and oxygen atoms in total. The molecule has 0 aromatic heterocycles. The van der Waals surface area contributed by atoms with Crippen molar-refractivity contribution in [1.29, 1.82) is 0 Å². The smallest absolute Gasteiger partial charge is 0.416 e. The van der Waals surface area contributed by atoms with Gasteiger partial charge in [-0.2, -0.15) is 13.2 Å². The molecule has 0 fully saturated rings. The molecule has 12 heteroatoms. The van der Waals surface area contributed by atoms with Crippen molar-refractivity contribution in [3.05, 3.63) is 29.8 Å². The van der Waals surface area contributed by atoms with Gasteiger partial charge in [-0.05, 0) is 33.4 Å². The summed E-state index contributed by atoms with van der Waals surface area (Å²) >= 11 is -0.243. The highest BCUT2D eigenvalue weighted by atomic mass is 32.2. The van der Waals surface area contributed by atoms with Crippen LogP contribution in [0, 0.1) is 0 Å². The Morgan fingerprint density at radius 2 is 1.55 bits per heavy atom. The first-order valence-corrected chi connectivity index (χ1v) is 8.79. The molecule has 1 aromatic rings. The molecular formula is C8H5F3O6P2S-4. The minimum atomic E-state index is -5.83. The Morgan fingerprint density at radius 1 is 1.05 bits per heavy atom. The number of hydrogen-bond acceptors (Lipinski definition) is 7. The highest BCUT2D eigenvalue weighted by Crippen LogP contribution is 2.58. The van der Waals surface area contributed by atoms with E-state index in [0.717, 1.165) is 12.1 Å². The van der Waals surface area contributed by atoms with E-state index < -0.39 is 36.6 Å². The van der Waals surface area contributed by atoms with Gasteiger partial charge in [0.2, 0.25) is 0 Å². The molecule has 0 unspecified atom stereocenters. The predicted molar refractivity (Wildman–Crippen MR) is 56.3 cm³/mol. The molecule has 114 valence electrons. The molecule has 0 heterocycles. The summed E-state index contributed by atoms with van der Waals surface area (Å²) in [5.74, 6) is 0. The molecule has 0 aliphatic heterocycles. The molecule has 0 aliphatic rings. The Kier molecular flexibility index (Phi) is 5.14. The third-order valence-electron chi connectivity index (χ3n) is 1.94. The molecule has 0 radical (unpaired) electrons. The lowest BCUT2D eigenvalue weighted by molar-refractivity contribution is -0.326.